The molecule has 0 aliphatic rings. The summed E-state index contributed by atoms with van der Waals surface area (Å²) in [6.45, 7) is 0. The number of hydrogen-bond donors (Lipinski definition) is 1. The third kappa shape index (κ3) is 2.74. The molecule has 0 amide bonds. The fourth-order valence-corrected chi connectivity index (χ4v) is 3.95. The summed E-state index contributed by atoms with van der Waals surface area (Å²) in [5.74, 6) is 0.521. The number of fused-ring (bicyclic) bond motifs is 1. The maximum Gasteiger partial charge on any atom is 0.264 e. The van der Waals surface area contributed by atoms with Crippen molar-refractivity contribution < 1.29 is 12.9 Å². The van der Waals surface area contributed by atoms with E-state index < -0.39 is 10.0 Å². The lowest BCUT2D eigenvalue weighted by atomic mass is 10.2. The van der Waals surface area contributed by atoms with Gasteiger partial charge in [0.05, 0.1) is 10.2 Å². The number of nitrogens with one attached hydrogen (secondary N) is 1. The Hall–Kier alpha value is -2.78. The van der Waals surface area contributed by atoms with Crippen molar-refractivity contribution in [3.63, 3.8) is 0 Å². The lowest BCUT2D eigenvalue weighted by Crippen LogP contribution is -2.13. The number of rotatable bonds is 4. The molecule has 0 unspecified atom stereocenters. The zero-order valence-corrected chi connectivity index (χ0v) is 13.7. The van der Waals surface area contributed by atoms with E-state index in [9.17, 15) is 8.42 Å². The second-order valence-corrected chi connectivity index (χ2v) is 7.53. The van der Waals surface area contributed by atoms with Crippen molar-refractivity contribution in [2.45, 2.75) is 4.90 Å². The molecule has 0 saturated carbocycles. The van der Waals surface area contributed by atoms with Crippen LogP contribution in [0.3, 0.4) is 0 Å². The Balaban J connectivity index is 1.63. The van der Waals surface area contributed by atoms with E-state index in [0.717, 1.165) is 10.2 Å². The average molecular weight is 358 g/mol. The number of hydrogen-bond acceptors (Lipinski definition) is 7. The van der Waals surface area contributed by atoms with Crippen LogP contribution in [0.2, 0.25) is 0 Å². The lowest BCUT2D eigenvalue weighted by Gasteiger charge is -2.04. The first-order valence-corrected chi connectivity index (χ1v) is 9.21. The van der Waals surface area contributed by atoms with Gasteiger partial charge in [-0.05, 0) is 29.6 Å². The Morgan fingerprint density at radius 2 is 2.08 bits per heavy atom. The van der Waals surface area contributed by atoms with Crippen molar-refractivity contribution in [2.24, 2.45) is 0 Å². The molecule has 0 fully saturated rings. The van der Waals surface area contributed by atoms with Gasteiger partial charge in [0.2, 0.25) is 0 Å². The minimum atomic E-state index is -3.80. The smallest absolute Gasteiger partial charge is 0.264 e. The van der Waals surface area contributed by atoms with Crippen LogP contribution in [0.15, 0.2) is 63.7 Å². The summed E-state index contributed by atoms with van der Waals surface area (Å²) in [7, 11) is -3.80. The molecular formula is C15H10N4O3S2. The molecule has 0 aliphatic heterocycles. The zero-order valence-electron chi connectivity index (χ0n) is 12.1. The Kier molecular flexibility index (Phi) is 3.51. The van der Waals surface area contributed by atoms with Gasteiger partial charge < -0.3 is 4.52 Å². The number of nitrogens with zero attached hydrogens (tertiary/aromatic N) is 3. The van der Waals surface area contributed by atoms with Crippen molar-refractivity contribution >= 4 is 37.4 Å². The van der Waals surface area contributed by atoms with E-state index >= 15 is 0 Å². The number of aromatic nitrogens is 3. The summed E-state index contributed by atoms with van der Waals surface area (Å²) in [6.07, 6.45) is 4.56. The number of anilines is 1. The normalized spacial score (nSPS) is 11.7. The largest absolute Gasteiger partial charge is 0.354 e. The van der Waals surface area contributed by atoms with Crippen LogP contribution in [0.4, 0.5) is 5.82 Å². The van der Waals surface area contributed by atoms with Crippen LogP contribution < -0.4 is 4.72 Å². The molecular weight excluding hydrogens is 348 g/mol. The Morgan fingerprint density at radius 1 is 1.17 bits per heavy atom. The van der Waals surface area contributed by atoms with Gasteiger partial charge in [-0.1, -0.05) is 5.16 Å². The summed E-state index contributed by atoms with van der Waals surface area (Å²) in [5, 5.41) is 5.61. The summed E-state index contributed by atoms with van der Waals surface area (Å²) in [4.78, 5) is 8.20. The molecule has 9 heteroatoms. The molecule has 0 aliphatic carbocycles. The van der Waals surface area contributed by atoms with Crippen LogP contribution in [0.1, 0.15) is 0 Å². The second-order valence-electron chi connectivity index (χ2n) is 4.90. The molecule has 0 saturated heterocycles. The molecule has 1 N–H and O–H groups in total. The number of pyridine rings is 2. The molecule has 0 aromatic carbocycles. The Bertz CT molecular complexity index is 1100. The van der Waals surface area contributed by atoms with Crippen LogP contribution in [0.5, 0.6) is 0 Å². The van der Waals surface area contributed by atoms with Gasteiger partial charge in [-0.15, -0.1) is 11.3 Å². The van der Waals surface area contributed by atoms with Gasteiger partial charge in [0.1, 0.15) is 4.90 Å². The van der Waals surface area contributed by atoms with E-state index in [1.807, 2.05) is 11.4 Å². The minimum absolute atomic E-state index is 0.0726. The van der Waals surface area contributed by atoms with Gasteiger partial charge in [0.15, 0.2) is 11.6 Å². The topological polar surface area (TPSA) is 98.0 Å². The summed E-state index contributed by atoms with van der Waals surface area (Å²) < 4.78 is 33.3. The van der Waals surface area contributed by atoms with Gasteiger partial charge in [-0.25, -0.2) is 8.42 Å². The highest BCUT2D eigenvalue weighted by Gasteiger charge is 2.18. The van der Waals surface area contributed by atoms with Gasteiger partial charge in [0.25, 0.3) is 10.0 Å². The predicted octanol–water partition coefficient (Wildman–Crippen LogP) is 3.15. The standard InChI is InChI=1S/C15H10N4O3S2/c20-24(21,11-6-14-12(17-9-11)3-5-23-14)19-15-7-13(22-18-15)10-2-1-4-16-8-10/h1-9H,(H,18,19). The van der Waals surface area contributed by atoms with Crippen molar-refractivity contribution in [3.05, 3.63) is 54.3 Å². The third-order valence-electron chi connectivity index (χ3n) is 3.28. The highest BCUT2D eigenvalue weighted by atomic mass is 32.2. The molecule has 120 valence electrons. The maximum absolute atomic E-state index is 12.5. The van der Waals surface area contributed by atoms with Crippen LogP contribution in [0, 0.1) is 0 Å². The minimum Gasteiger partial charge on any atom is -0.354 e. The molecule has 7 nitrogen and oxygen atoms in total. The zero-order chi connectivity index (χ0) is 16.6. The van der Waals surface area contributed by atoms with Gasteiger partial charge in [-0.2, -0.15) is 0 Å². The van der Waals surface area contributed by atoms with Crippen molar-refractivity contribution in [1.29, 1.82) is 0 Å². The van der Waals surface area contributed by atoms with Crippen LogP contribution in [-0.2, 0) is 10.0 Å². The molecule has 0 radical (unpaired) electrons. The molecule has 4 rings (SSSR count). The second kappa shape index (κ2) is 5.69. The van der Waals surface area contributed by atoms with E-state index in [-0.39, 0.29) is 10.7 Å². The van der Waals surface area contributed by atoms with Gasteiger partial charge >= 0.3 is 0 Å². The Morgan fingerprint density at radius 3 is 2.92 bits per heavy atom. The predicted molar refractivity (Wildman–Crippen MR) is 90.2 cm³/mol. The summed E-state index contributed by atoms with van der Waals surface area (Å²) in [5.41, 5.74) is 1.47. The van der Waals surface area contributed by atoms with Crippen LogP contribution >= 0.6 is 11.3 Å². The van der Waals surface area contributed by atoms with Crippen molar-refractivity contribution in [1.82, 2.24) is 15.1 Å². The third-order valence-corrected chi connectivity index (χ3v) is 5.46. The van der Waals surface area contributed by atoms with E-state index in [1.54, 1.807) is 30.6 Å². The molecule has 4 heterocycles. The number of sulfonamides is 1. The van der Waals surface area contributed by atoms with Crippen LogP contribution in [0.25, 0.3) is 21.5 Å². The lowest BCUT2D eigenvalue weighted by molar-refractivity contribution is 0.435. The molecule has 4 aromatic heterocycles. The fraction of sp³-hybridized carbons (Fsp3) is 0. The van der Waals surface area contributed by atoms with E-state index in [1.165, 1.54) is 23.6 Å². The fourth-order valence-electron chi connectivity index (χ4n) is 2.14. The number of thiophene rings is 1. The van der Waals surface area contributed by atoms with Crippen LogP contribution in [-0.4, -0.2) is 23.5 Å². The average Bonchev–Trinajstić information content (AvgIpc) is 3.23. The van der Waals surface area contributed by atoms with Crippen molar-refractivity contribution in [3.8, 4) is 11.3 Å². The van der Waals surface area contributed by atoms with Gasteiger partial charge in [-0.3, -0.25) is 14.7 Å². The molecule has 0 bridgehead atoms. The summed E-state index contributed by atoms with van der Waals surface area (Å²) >= 11 is 1.43. The van der Waals surface area contributed by atoms with E-state index in [2.05, 4.69) is 19.8 Å². The highest BCUT2D eigenvalue weighted by Crippen LogP contribution is 2.25. The first kappa shape index (κ1) is 14.8. The molecule has 0 atom stereocenters. The maximum atomic E-state index is 12.5. The monoisotopic (exact) mass is 358 g/mol. The molecule has 0 spiro atoms. The quantitative estimate of drug-likeness (QED) is 0.602. The summed E-state index contributed by atoms with van der Waals surface area (Å²) in [6, 6.07) is 8.47. The van der Waals surface area contributed by atoms with Gasteiger partial charge in [0, 0.05) is 30.2 Å². The first-order valence-electron chi connectivity index (χ1n) is 6.85. The SMILES string of the molecule is O=S(=O)(Nc1cc(-c2cccnc2)on1)c1cnc2ccsc2c1. The Labute approximate surface area is 141 Å². The van der Waals surface area contributed by atoms with Crippen molar-refractivity contribution in [2.75, 3.05) is 4.72 Å². The first-order chi connectivity index (χ1) is 11.6. The molecule has 4 aromatic rings. The molecule has 24 heavy (non-hydrogen) atoms. The van der Waals surface area contributed by atoms with E-state index in [4.69, 9.17) is 4.52 Å². The highest BCUT2D eigenvalue weighted by molar-refractivity contribution is 7.92. The van der Waals surface area contributed by atoms with E-state index in [0.29, 0.717) is 11.3 Å².